The van der Waals surface area contributed by atoms with Crippen molar-refractivity contribution in [1.29, 1.82) is 0 Å². The molecule has 1 N–H and O–H groups in total. The number of fused-ring (bicyclic) bond motifs is 1. The molecule has 8 heteroatoms. The van der Waals surface area contributed by atoms with E-state index >= 15 is 0 Å². The van der Waals surface area contributed by atoms with Crippen molar-refractivity contribution in [2.75, 3.05) is 30.7 Å². The molecule has 0 unspecified atom stereocenters. The molecule has 1 aliphatic rings. The summed E-state index contributed by atoms with van der Waals surface area (Å²) in [5, 5.41) is 3.12. The van der Waals surface area contributed by atoms with Gasteiger partial charge in [-0.1, -0.05) is 6.07 Å². The summed E-state index contributed by atoms with van der Waals surface area (Å²) in [6.07, 6.45) is 1.67. The average molecular weight is 322 g/mol. The molecule has 2 aromatic rings. The van der Waals surface area contributed by atoms with E-state index in [0.29, 0.717) is 31.1 Å². The van der Waals surface area contributed by atoms with Crippen molar-refractivity contribution in [2.45, 2.75) is 6.92 Å². The maximum absolute atomic E-state index is 11.9. The molecule has 0 aromatic carbocycles. The largest absolute Gasteiger partial charge is 0.369 e. The van der Waals surface area contributed by atoms with Crippen LogP contribution in [0.2, 0.25) is 0 Å². The Bertz CT molecular complexity index is 841. The number of sulfonamides is 1. The van der Waals surface area contributed by atoms with Crippen LogP contribution >= 0.6 is 0 Å². The van der Waals surface area contributed by atoms with Crippen LogP contribution in [0.1, 0.15) is 6.92 Å². The van der Waals surface area contributed by atoms with Crippen LogP contribution in [-0.2, 0) is 10.0 Å². The van der Waals surface area contributed by atoms with Crippen molar-refractivity contribution in [3.05, 3.63) is 40.8 Å². The van der Waals surface area contributed by atoms with E-state index in [9.17, 15) is 13.2 Å². The number of rotatable bonds is 5. The summed E-state index contributed by atoms with van der Waals surface area (Å²) >= 11 is 0. The summed E-state index contributed by atoms with van der Waals surface area (Å²) in [6, 6.07) is 6.82. The van der Waals surface area contributed by atoms with E-state index in [-0.39, 0.29) is 17.2 Å². The minimum Gasteiger partial charge on any atom is -0.369 e. The summed E-state index contributed by atoms with van der Waals surface area (Å²) in [4.78, 5) is 16.3. The van der Waals surface area contributed by atoms with Crippen molar-refractivity contribution in [3.63, 3.8) is 0 Å². The van der Waals surface area contributed by atoms with Gasteiger partial charge in [0.15, 0.2) is 0 Å². The van der Waals surface area contributed by atoms with Crippen LogP contribution in [-0.4, -0.2) is 47.5 Å². The molecular weight excluding hydrogens is 304 g/mol. The monoisotopic (exact) mass is 322 g/mol. The number of pyridine rings is 1. The molecule has 0 bridgehead atoms. The Morgan fingerprint density at radius 3 is 2.86 bits per heavy atom. The van der Waals surface area contributed by atoms with Gasteiger partial charge < -0.3 is 5.32 Å². The first kappa shape index (κ1) is 15.0. The molecule has 1 fully saturated rings. The second kappa shape index (κ2) is 5.69. The van der Waals surface area contributed by atoms with Crippen LogP contribution in [0.3, 0.4) is 0 Å². The third-order valence-electron chi connectivity index (χ3n) is 3.82. The van der Waals surface area contributed by atoms with Gasteiger partial charge in [0.05, 0.1) is 5.75 Å². The summed E-state index contributed by atoms with van der Waals surface area (Å²) in [6.45, 7) is 3.30. The third kappa shape index (κ3) is 2.84. The molecule has 2 aromatic heterocycles. The Labute approximate surface area is 128 Å². The zero-order chi connectivity index (χ0) is 15.7. The van der Waals surface area contributed by atoms with Gasteiger partial charge in [-0.25, -0.2) is 17.7 Å². The fourth-order valence-electron chi connectivity index (χ4n) is 2.45. The molecule has 0 aliphatic carbocycles. The van der Waals surface area contributed by atoms with Crippen LogP contribution in [0, 0.1) is 5.92 Å². The summed E-state index contributed by atoms with van der Waals surface area (Å²) in [5.41, 5.74) is 0.443. The number of nitrogens with one attached hydrogen (secondary N) is 1. The second-order valence-electron chi connectivity index (χ2n) is 5.37. The lowest BCUT2D eigenvalue weighted by Crippen LogP contribution is -2.52. The van der Waals surface area contributed by atoms with Crippen LogP contribution in [0.15, 0.2) is 35.3 Å². The van der Waals surface area contributed by atoms with E-state index in [4.69, 9.17) is 0 Å². The highest BCUT2D eigenvalue weighted by Gasteiger charge is 2.34. The van der Waals surface area contributed by atoms with Gasteiger partial charge in [0.25, 0.3) is 5.56 Å². The number of hydrogen-bond donors (Lipinski definition) is 1. The van der Waals surface area contributed by atoms with Crippen molar-refractivity contribution < 1.29 is 8.42 Å². The predicted molar refractivity (Wildman–Crippen MR) is 84.5 cm³/mol. The first-order valence-corrected chi connectivity index (χ1v) is 8.80. The van der Waals surface area contributed by atoms with Gasteiger partial charge in [-0.2, -0.15) is 0 Å². The Morgan fingerprint density at radius 1 is 1.36 bits per heavy atom. The fraction of sp³-hybridized carbons (Fsp3) is 0.429. The Morgan fingerprint density at radius 2 is 2.14 bits per heavy atom. The highest BCUT2D eigenvalue weighted by atomic mass is 32.2. The molecule has 3 rings (SSSR count). The van der Waals surface area contributed by atoms with Gasteiger partial charge >= 0.3 is 0 Å². The van der Waals surface area contributed by atoms with E-state index in [0.717, 1.165) is 0 Å². The second-order valence-corrected chi connectivity index (χ2v) is 7.63. The molecular formula is C14H18N4O3S. The highest BCUT2D eigenvalue weighted by molar-refractivity contribution is 7.89. The molecule has 22 heavy (non-hydrogen) atoms. The minimum absolute atomic E-state index is 0.135. The number of hydrogen-bond acceptors (Lipinski definition) is 5. The Hall–Kier alpha value is -1.93. The third-order valence-corrected chi connectivity index (χ3v) is 5.64. The van der Waals surface area contributed by atoms with Crippen LogP contribution < -0.4 is 10.9 Å². The zero-order valence-corrected chi connectivity index (χ0v) is 13.1. The van der Waals surface area contributed by atoms with Crippen molar-refractivity contribution in [2.24, 2.45) is 5.92 Å². The molecule has 1 saturated heterocycles. The molecule has 118 valence electrons. The molecule has 0 atom stereocenters. The number of anilines is 1. The molecule has 0 amide bonds. The number of aromatic nitrogens is 2. The average Bonchev–Trinajstić information content (AvgIpc) is 2.45. The smallest absolute Gasteiger partial charge is 0.259 e. The normalized spacial score (nSPS) is 16.6. The molecule has 3 heterocycles. The molecule has 0 spiro atoms. The maximum Gasteiger partial charge on any atom is 0.259 e. The lowest BCUT2D eigenvalue weighted by molar-refractivity contribution is 0.212. The topological polar surface area (TPSA) is 83.8 Å². The molecule has 0 radical (unpaired) electrons. The Balaban J connectivity index is 1.63. The SMILES string of the molecule is CCS(=O)(=O)N1CC(CNc2cc(=O)n3ccccc3n2)C1. The van der Waals surface area contributed by atoms with Gasteiger partial charge in [-0.15, -0.1) is 0 Å². The quantitative estimate of drug-likeness (QED) is 0.861. The summed E-state index contributed by atoms with van der Waals surface area (Å²) in [5.74, 6) is 0.904. The van der Waals surface area contributed by atoms with Crippen molar-refractivity contribution in [1.82, 2.24) is 13.7 Å². The first-order valence-electron chi connectivity index (χ1n) is 7.20. The lowest BCUT2D eigenvalue weighted by Gasteiger charge is -2.37. The Kier molecular flexibility index (Phi) is 3.88. The van der Waals surface area contributed by atoms with Crippen LogP contribution in [0.4, 0.5) is 5.82 Å². The van der Waals surface area contributed by atoms with Crippen molar-refractivity contribution >= 4 is 21.5 Å². The first-order chi connectivity index (χ1) is 10.5. The van der Waals surface area contributed by atoms with E-state index in [2.05, 4.69) is 10.3 Å². The van der Waals surface area contributed by atoms with Gasteiger partial charge in [-0.05, 0) is 19.1 Å². The molecule has 1 aliphatic heterocycles. The van der Waals surface area contributed by atoms with Crippen molar-refractivity contribution in [3.8, 4) is 0 Å². The molecule has 7 nitrogen and oxygen atoms in total. The highest BCUT2D eigenvalue weighted by Crippen LogP contribution is 2.20. The lowest BCUT2D eigenvalue weighted by atomic mass is 10.0. The van der Waals surface area contributed by atoms with E-state index in [1.54, 1.807) is 25.3 Å². The molecule has 0 saturated carbocycles. The van der Waals surface area contributed by atoms with Gasteiger partial charge in [0.1, 0.15) is 11.5 Å². The maximum atomic E-state index is 11.9. The van der Waals surface area contributed by atoms with Crippen LogP contribution in [0.25, 0.3) is 5.65 Å². The van der Waals surface area contributed by atoms with Crippen LogP contribution in [0.5, 0.6) is 0 Å². The fourth-order valence-corrected chi connectivity index (χ4v) is 3.70. The number of nitrogens with zero attached hydrogens (tertiary/aromatic N) is 3. The summed E-state index contributed by atoms with van der Waals surface area (Å²) in [7, 11) is -3.08. The van der Waals surface area contributed by atoms with Gasteiger partial charge in [0, 0.05) is 37.8 Å². The zero-order valence-electron chi connectivity index (χ0n) is 12.3. The van der Waals surface area contributed by atoms with E-state index in [1.807, 2.05) is 6.07 Å². The summed E-state index contributed by atoms with van der Waals surface area (Å²) < 4.78 is 26.2. The predicted octanol–water partition coefficient (Wildman–Crippen LogP) is 0.388. The van der Waals surface area contributed by atoms with E-state index < -0.39 is 10.0 Å². The van der Waals surface area contributed by atoms with Gasteiger partial charge in [0.2, 0.25) is 10.0 Å². The van der Waals surface area contributed by atoms with Gasteiger partial charge in [-0.3, -0.25) is 9.20 Å². The minimum atomic E-state index is -3.08. The standard InChI is InChI=1S/C14H18N4O3S/c1-2-22(20,21)17-9-11(10-17)8-15-12-7-14(19)18-6-4-3-5-13(18)16-12/h3-7,11,15H,2,8-10H2,1H3. The van der Waals surface area contributed by atoms with E-state index in [1.165, 1.54) is 14.8 Å².